The first-order chi connectivity index (χ1) is 20.0. The van der Waals surface area contributed by atoms with Gasteiger partial charge in [-0.05, 0) is 52.7 Å². The second-order valence-corrected chi connectivity index (χ2v) is 9.37. The summed E-state index contributed by atoms with van der Waals surface area (Å²) in [6, 6.07) is 21.6. The maximum Gasteiger partial charge on any atom is 0.285 e. The van der Waals surface area contributed by atoms with Gasteiger partial charge < -0.3 is 33.5 Å². The molecule has 3 heterocycles. The normalized spacial score (nSPS) is 13.0. The number of carbonyl (C=O) groups is 2. The Morgan fingerprint density at radius 1 is 0.905 bits per heavy atom. The van der Waals surface area contributed by atoms with Gasteiger partial charge in [-0.1, -0.05) is 36.4 Å². The minimum Gasteiger partial charge on any atom is -1.00 e. The van der Waals surface area contributed by atoms with Crippen molar-refractivity contribution in [3.63, 3.8) is 0 Å². The Bertz CT molecular complexity index is 1670. The monoisotopic (exact) mass is 679 g/mol. The van der Waals surface area contributed by atoms with Gasteiger partial charge in [0.15, 0.2) is 13.2 Å². The number of nitrogens with one attached hydrogen (secondary N) is 1. The number of rotatable bonds is 10. The molecule has 3 aromatic carbocycles. The number of ether oxygens (including phenoxy) is 2. The number of tetrazole rings is 1. The predicted octanol–water partition coefficient (Wildman–Crippen LogP) is -0.0985. The number of nitrogens with zero attached hydrogens (tertiary/aromatic N) is 6. The van der Waals surface area contributed by atoms with E-state index < -0.39 is 17.9 Å². The second kappa shape index (κ2) is 12.5. The zero-order valence-electron chi connectivity index (χ0n) is 22.7. The molecule has 0 saturated carbocycles. The fourth-order valence-electron chi connectivity index (χ4n) is 4.42. The number of halogens is 1. The van der Waals surface area contributed by atoms with E-state index in [1.807, 2.05) is 72.7 Å². The SMILES string of the molecule is COc1ccc(Cn2nnc(C(COc3ccc(-c4c[nH][n+](C)c4)cc3)ON3C(=O)c4ccccc4C3=O)n2)cc1.[I-]. The number of benzene rings is 3. The number of aromatic nitrogens is 6. The summed E-state index contributed by atoms with van der Waals surface area (Å²) in [5, 5.41) is 16.6. The Morgan fingerprint density at radius 2 is 1.57 bits per heavy atom. The van der Waals surface area contributed by atoms with Gasteiger partial charge in [-0.25, -0.2) is 4.84 Å². The van der Waals surface area contributed by atoms with Crippen molar-refractivity contribution in [2.24, 2.45) is 7.05 Å². The van der Waals surface area contributed by atoms with Gasteiger partial charge in [0.1, 0.15) is 18.1 Å². The third kappa shape index (κ3) is 6.01. The maximum absolute atomic E-state index is 13.0. The van der Waals surface area contributed by atoms with E-state index in [0.29, 0.717) is 12.3 Å². The molecule has 0 fully saturated rings. The summed E-state index contributed by atoms with van der Waals surface area (Å²) in [6.45, 7) is 0.260. The molecular weight excluding hydrogens is 653 g/mol. The molecule has 13 heteroatoms. The summed E-state index contributed by atoms with van der Waals surface area (Å²) in [7, 11) is 3.52. The van der Waals surface area contributed by atoms with Gasteiger partial charge in [-0.2, -0.15) is 9.90 Å². The molecule has 1 aliphatic rings. The summed E-state index contributed by atoms with van der Waals surface area (Å²) in [5.41, 5.74) is 3.50. The van der Waals surface area contributed by atoms with Crippen molar-refractivity contribution in [2.45, 2.75) is 12.6 Å². The van der Waals surface area contributed by atoms with Crippen LogP contribution in [0.4, 0.5) is 0 Å². The van der Waals surface area contributed by atoms with Crippen LogP contribution in [0.15, 0.2) is 85.2 Å². The minimum absolute atomic E-state index is 0. The van der Waals surface area contributed by atoms with E-state index in [1.54, 1.807) is 31.4 Å². The molecule has 42 heavy (non-hydrogen) atoms. The topological polar surface area (TPSA) is 128 Å². The lowest BCUT2D eigenvalue weighted by Gasteiger charge is -2.20. The Balaban J connectivity index is 0.00000353. The Morgan fingerprint density at radius 3 is 2.19 bits per heavy atom. The highest BCUT2D eigenvalue weighted by Gasteiger charge is 2.39. The van der Waals surface area contributed by atoms with E-state index in [9.17, 15) is 9.59 Å². The molecule has 0 spiro atoms. The van der Waals surface area contributed by atoms with Crippen LogP contribution in [0.1, 0.15) is 38.2 Å². The van der Waals surface area contributed by atoms with Crippen molar-refractivity contribution in [2.75, 3.05) is 13.7 Å². The van der Waals surface area contributed by atoms with E-state index in [2.05, 4.69) is 20.5 Å². The number of methoxy groups -OCH3 is 1. The number of H-pyrrole nitrogens is 1. The molecule has 6 rings (SSSR count). The molecule has 0 aliphatic carbocycles. The number of aromatic amines is 1. The van der Waals surface area contributed by atoms with Crippen LogP contribution in [0.5, 0.6) is 11.5 Å². The highest BCUT2D eigenvalue weighted by Crippen LogP contribution is 2.28. The van der Waals surface area contributed by atoms with Gasteiger partial charge in [0.25, 0.3) is 11.8 Å². The summed E-state index contributed by atoms with van der Waals surface area (Å²) >= 11 is 0. The molecule has 5 aromatic rings. The number of amides is 2. The quantitative estimate of drug-likeness (QED) is 0.123. The van der Waals surface area contributed by atoms with Gasteiger partial charge >= 0.3 is 0 Å². The summed E-state index contributed by atoms with van der Waals surface area (Å²) < 4.78 is 13.1. The summed E-state index contributed by atoms with van der Waals surface area (Å²) in [5.74, 6) is 0.333. The third-order valence-corrected chi connectivity index (χ3v) is 6.57. The molecule has 1 N–H and O–H groups in total. The number of carbonyl (C=O) groups excluding carboxylic acids is 2. The summed E-state index contributed by atoms with van der Waals surface area (Å²) in [6.07, 6.45) is 2.87. The number of hydrogen-bond acceptors (Lipinski definition) is 8. The molecule has 2 aromatic heterocycles. The van der Waals surface area contributed by atoms with Crippen LogP contribution < -0.4 is 38.1 Å². The van der Waals surface area contributed by atoms with Crippen LogP contribution >= 0.6 is 0 Å². The first kappa shape index (κ1) is 28.9. The molecular formula is C29H26IN7O5. The first-order valence-electron chi connectivity index (χ1n) is 12.8. The number of fused-ring (bicyclic) bond motifs is 1. The average molecular weight is 679 g/mol. The lowest BCUT2D eigenvalue weighted by Crippen LogP contribution is -3.00. The zero-order chi connectivity index (χ0) is 28.3. The molecule has 214 valence electrons. The largest absolute Gasteiger partial charge is 1.00 e. The fourth-order valence-corrected chi connectivity index (χ4v) is 4.42. The smallest absolute Gasteiger partial charge is 0.285 e. The van der Waals surface area contributed by atoms with Crippen molar-refractivity contribution in [3.8, 4) is 22.6 Å². The first-order valence-corrected chi connectivity index (χ1v) is 12.8. The highest BCUT2D eigenvalue weighted by molar-refractivity contribution is 6.20. The van der Waals surface area contributed by atoms with E-state index in [1.165, 1.54) is 4.80 Å². The van der Waals surface area contributed by atoms with E-state index in [0.717, 1.165) is 27.5 Å². The molecule has 1 aliphatic heterocycles. The van der Waals surface area contributed by atoms with Crippen LogP contribution in [0, 0.1) is 0 Å². The third-order valence-electron chi connectivity index (χ3n) is 6.57. The van der Waals surface area contributed by atoms with E-state index in [4.69, 9.17) is 14.3 Å². The molecule has 0 radical (unpaired) electrons. The maximum atomic E-state index is 13.0. The van der Waals surface area contributed by atoms with Crippen LogP contribution in [0.3, 0.4) is 0 Å². The second-order valence-electron chi connectivity index (χ2n) is 9.37. The Hall–Kier alpha value is -4.63. The van der Waals surface area contributed by atoms with Crippen LogP contribution in [0.25, 0.3) is 11.1 Å². The van der Waals surface area contributed by atoms with Crippen molar-refractivity contribution >= 4 is 11.8 Å². The minimum atomic E-state index is -1.01. The van der Waals surface area contributed by atoms with Gasteiger partial charge in [0, 0.05) is 0 Å². The van der Waals surface area contributed by atoms with Crippen LogP contribution in [-0.2, 0) is 18.4 Å². The van der Waals surface area contributed by atoms with E-state index in [-0.39, 0.29) is 47.5 Å². The standard InChI is InChI=1S/C29H25N7O5.HI/c1-34-17-21(15-30-34)20-9-13-23(14-10-20)40-18-26(41-36-28(37)24-5-3-4-6-25(24)29(36)38)27-31-33-35(32-27)16-19-7-11-22(39-2)12-8-19;/h3-15,17,26H,16,18H2,1-2H3;1H. The van der Waals surface area contributed by atoms with Gasteiger partial charge in [-0.15, -0.1) is 19.9 Å². The fraction of sp³-hybridized carbons (Fsp3) is 0.172. The van der Waals surface area contributed by atoms with Crippen LogP contribution in [0.2, 0.25) is 0 Å². The number of hydrogen-bond donors (Lipinski definition) is 1. The highest BCUT2D eigenvalue weighted by atomic mass is 127. The van der Waals surface area contributed by atoms with Crippen molar-refractivity contribution < 1.29 is 52.6 Å². The van der Waals surface area contributed by atoms with Crippen molar-refractivity contribution in [1.29, 1.82) is 0 Å². The Kier molecular flexibility index (Phi) is 8.59. The van der Waals surface area contributed by atoms with Crippen LogP contribution in [-0.4, -0.2) is 55.9 Å². The number of aryl methyl sites for hydroxylation is 1. The lowest BCUT2D eigenvalue weighted by atomic mass is 10.1. The average Bonchev–Trinajstić information content (AvgIpc) is 3.71. The number of hydroxylamine groups is 2. The number of imide groups is 1. The summed E-state index contributed by atoms with van der Waals surface area (Å²) in [4.78, 5) is 33.3. The van der Waals surface area contributed by atoms with Gasteiger partial charge in [0.05, 0.1) is 36.5 Å². The van der Waals surface area contributed by atoms with Crippen molar-refractivity contribution in [3.05, 3.63) is 108 Å². The molecule has 2 amide bonds. The molecule has 12 nitrogen and oxygen atoms in total. The molecule has 1 unspecified atom stereocenters. The molecule has 0 saturated heterocycles. The molecule has 1 atom stereocenters. The van der Waals surface area contributed by atoms with Gasteiger partial charge in [-0.3, -0.25) is 9.59 Å². The predicted molar refractivity (Wildman–Crippen MR) is 144 cm³/mol. The lowest BCUT2D eigenvalue weighted by molar-refractivity contribution is -0.726. The van der Waals surface area contributed by atoms with Gasteiger partial charge in [0.2, 0.25) is 12.0 Å². The zero-order valence-corrected chi connectivity index (χ0v) is 24.8. The molecule has 0 bridgehead atoms. The van der Waals surface area contributed by atoms with E-state index >= 15 is 0 Å². The van der Waals surface area contributed by atoms with Crippen molar-refractivity contribution in [1.82, 2.24) is 30.4 Å². The Labute approximate surface area is 257 Å².